The van der Waals surface area contributed by atoms with E-state index in [-0.39, 0.29) is 24.0 Å². The van der Waals surface area contributed by atoms with E-state index in [1.807, 2.05) is 34.4 Å². The molecule has 0 aliphatic heterocycles. The summed E-state index contributed by atoms with van der Waals surface area (Å²) in [4.78, 5) is 14.6. The molecule has 0 saturated carbocycles. The second kappa shape index (κ2) is 11.8. The van der Waals surface area contributed by atoms with Crippen molar-refractivity contribution in [3.63, 3.8) is 0 Å². The van der Waals surface area contributed by atoms with E-state index in [0.717, 1.165) is 36.9 Å². The Morgan fingerprint density at radius 2 is 2.18 bits per heavy atom. The van der Waals surface area contributed by atoms with Crippen LogP contribution in [0.3, 0.4) is 0 Å². The van der Waals surface area contributed by atoms with Crippen molar-refractivity contribution in [1.82, 2.24) is 25.2 Å². The minimum atomic E-state index is 0. The number of halogens is 1. The molecule has 8 heteroatoms. The molecule has 6 nitrogen and oxygen atoms in total. The quantitative estimate of drug-likeness (QED) is 0.274. The summed E-state index contributed by atoms with van der Waals surface area (Å²) in [6.07, 6.45) is 8.31. The van der Waals surface area contributed by atoms with Crippen LogP contribution in [0.1, 0.15) is 24.3 Å². The predicted octanol–water partition coefficient (Wildman–Crippen LogP) is 3.88. The molecule has 0 spiro atoms. The van der Waals surface area contributed by atoms with Crippen LogP contribution in [0.15, 0.2) is 59.6 Å². The molecule has 3 aromatic heterocycles. The number of rotatable bonds is 8. The molecule has 0 aliphatic carbocycles. The highest BCUT2D eigenvalue weighted by atomic mass is 127. The van der Waals surface area contributed by atoms with Crippen molar-refractivity contribution in [1.29, 1.82) is 0 Å². The number of nitrogens with one attached hydrogen (secondary N) is 2. The molecular formula is C20H27IN6S. The summed E-state index contributed by atoms with van der Waals surface area (Å²) in [7, 11) is 0. The molecule has 2 N–H and O–H groups in total. The van der Waals surface area contributed by atoms with E-state index >= 15 is 0 Å². The van der Waals surface area contributed by atoms with Gasteiger partial charge in [-0.1, -0.05) is 19.1 Å². The second-order valence-corrected chi connectivity index (χ2v) is 7.49. The van der Waals surface area contributed by atoms with Gasteiger partial charge >= 0.3 is 0 Å². The van der Waals surface area contributed by atoms with Gasteiger partial charge in [0.05, 0.1) is 6.54 Å². The highest BCUT2D eigenvalue weighted by molar-refractivity contribution is 14.0. The van der Waals surface area contributed by atoms with Gasteiger partial charge in [0.1, 0.15) is 12.1 Å². The van der Waals surface area contributed by atoms with Crippen molar-refractivity contribution >= 4 is 41.3 Å². The van der Waals surface area contributed by atoms with E-state index in [9.17, 15) is 0 Å². The summed E-state index contributed by atoms with van der Waals surface area (Å²) in [5.41, 5.74) is 1.07. The van der Waals surface area contributed by atoms with Crippen LogP contribution in [-0.2, 0) is 13.0 Å². The summed E-state index contributed by atoms with van der Waals surface area (Å²) in [5.74, 6) is 2.24. The normalized spacial score (nSPS) is 12.3. The standard InChI is InChI=1S/C20H26N6S.HI/c1-3-22-20(24-12-16(2)11-18-5-4-10-27-18)25-14-17-6-7-19(23-13-17)26-9-8-21-15-26;/h4-10,13,15-16H,3,11-12,14H2,1-2H3,(H2,22,24,25);1H. The number of hydrogen-bond donors (Lipinski definition) is 2. The number of aromatic nitrogens is 3. The van der Waals surface area contributed by atoms with Gasteiger partial charge in [-0.25, -0.2) is 15.0 Å². The van der Waals surface area contributed by atoms with Gasteiger partial charge in [-0.15, -0.1) is 35.3 Å². The van der Waals surface area contributed by atoms with Crippen molar-refractivity contribution < 1.29 is 0 Å². The molecule has 0 aliphatic rings. The van der Waals surface area contributed by atoms with Crippen molar-refractivity contribution in [2.45, 2.75) is 26.8 Å². The molecule has 0 fully saturated rings. The number of pyridine rings is 1. The zero-order valence-electron chi connectivity index (χ0n) is 16.2. The molecule has 1 unspecified atom stereocenters. The second-order valence-electron chi connectivity index (χ2n) is 6.46. The van der Waals surface area contributed by atoms with Crippen LogP contribution in [-0.4, -0.2) is 33.6 Å². The van der Waals surface area contributed by atoms with Gasteiger partial charge in [-0.05, 0) is 42.3 Å². The lowest BCUT2D eigenvalue weighted by Crippen LogP contribution is -2.39. The van der Waals surface area contributed by atoms with Gasteiger partial charge in [-0.3, -0.25) is 4.57 Å². The Morgan fingerprint density at radius 1 is 1.29 bits per heavy atom. The Hall–Kier alpha value is -1.94. The third-order valence-corrected chi connectivity index (χ3v) is 4.99. The lowest BCUT2D eigenvalue weighted by atomic mass is 10.1. The van der Waals surface area contributed by atoms with E-state index in [0.29, 0.717) is 12.5 Å². The molecule has 0 radical (unpaired) electrons. The summed E-state index contributed by atoms with van der Waals surface area (Å²) in [6.45, 7) is 6.65. The van der Waals surface area contributed by atoms with E-state index in [1.54, 1.807) is 12.5 Å². The van der Waals surface area contributed by atoms with E-state index in [4.69, 9.17) is 0 Å². The van der Waals surface area contributed by atoms with Gasteiger partial charge in [0.15, 0.2) is 5.96 Å². The van der Waals surface area contributed by atoms with Crippen LogP contribution in [0.5, 0.6) is 0 Å². The largest absolute Gasteiger partial charge is 0.357 e. The average Bonchev–Trinajstić information content (AvgIpc) is 3.38. The van der Waals surface area contributed by atoms with Crippen LogP contribution >= 0.6 is 35.3 Å². The van der Waals surface area contributed by atoms with E-state index in [1.165, 1.54) is 4.88 Å². The monoisotopic (exact) mass is 510 g/mol. The van der Waals surface area contributed by atoms with Gasteiger partial charge in [0.25, 0.3) is 0 Å². The molecule has 0 saturated heterocycles. The first-order valence-corrected chi connectivity index (χ1v) is 10.1. The maximum Gasteiger partial charge on any atom is 0.191 e. The van der Waals surface area contributed by atoms with Gasteiger partial charge < -0.3 is 10.6 Å². The average molecular weight is 510 g/mol. The van der Waals surface area contributed by atoms with Crippen molar-refractivity contribution in [2.24, 2.45) is 10.9 Å². The van der Waals surface area contributed by atoms with Crippen LogP contribution in [0.2, 0.25) is 0 Å². The molecule has 28 heavy (non-hydrogen) atoms. The minimum absolute atomic E-state index is 0. The van der Waals surface area contributed by atoms with Crippen molar-refractivity contribution in [2.75, 3.05) is 13.1 Å². The zero-order valence-corrected chi connectivity index (χ0v) is 19.4. The third-order valence-electron chi connectivity index (χ3n) is 4.09. The topological polar surface area (TPSA) is 67.1 Å². The minimum Gasteiger partial charge on any atom is -0.357 e. The van der Waals surface area contributed by atoms with Crippen LogP contribution in [0.25, 0.3) is 5.82 Å². The summed E-state index contributed by atoms with van der Waals surface area (Å²) >= 11 is 1.82. The molecule has 3 aromatic rings. The fraction of sp³-hybridized carbons (Fsp3) is 0.350. The first-order chi connectivity index (χ1) is 13.2. The Balaban J connectivity index is 0.00000280. The highest BCUT2D eigenvalue weighted by Gasteiger charge is 2.06. The van der Waals surface area contributed by atoms with Crippen molar-refractivity contribution in [3.05, 3.63) is 65.0 Å². The number of hydrogen-bond acceptors (Lipinski definition) is 4. The Labute approximate surface area is 187 Å². The third kappa shape index (κ3) is 6.90. The SMILES string of the molecule is CCNC(=NCc1ccc(-n2ccnc2)nc1)NCC(C)Cc1cccs1.I. The Kier molecular flexibility index (Phi) is 9.42. The predicted molar refractivity (Wildman–Crippen MR) is 127 cm³/mol. The fourth-order valence-electron chi connectivity index (χ4n) is 2.68. The van der Waals surface area contributed by atoms with E-state index < -0.39 is 0 Å². The lowest BCUT2D eigenvalue weighted by Gasteiger charge is -2.15. The number of imidazole rings is 1. The summed E-state index contributed by atoms with van der Waals surface area (Å²) in [6, 6.07) is 8.34. The molecule has 1 atom stereocenters. The molecule has 0 bridgehead atoms. The molecule has 0 amide bonds. The smallest absolute Gasteiger partial charge is 0.191 e. The van der Waals surface area contributed by atoms with Crippen LogP contribution in [0, 0.1) is 5.92 Å². The number of guanidine groups is 1. The van der Waals surface area contributed by atoms with Crippen LogP contribution < -0.4 is 10.6 Å². The van der Waals surface area contributed by atoms with Gasteiger partial charge in [0.2, 0.25) is 0 Å². The molecule has 0 aromatic carbocycles. The number of thiophene rings is 1. The Morgan fingerprint density at radius 3 is 2.82 bits per heavy atom. The number of nitrogens with zero attached hydrogens (tertiary/aromatic N) is 4. The summed E-state index contributed by atoms with van der Waals surface area (Å²) < 4.78 is 1.88. The zero-order chi connectivity index (χ0) is 18.9. The molecular weight excluding hydrogens is 483 g/mol. The molecule has 3 rings (SSSR count). The lowest BCUT2D eigenvalue weighted by molar-refractivity contribution is 0.562. The molecule has 150 valence electrons. The Bertz CT molecular complexity index is 815. The number of aliphatic imine (C=N–C) groups is 1. The molecule has 3 heterocycles. The first kappa shape index (κ1) is 22.4. The maximum absolute atomic E-state index is 4.68. The van der Waals surface area contributed by atoms with E-state index in [2.05, 4.69) is 63.0 Å². The van der Waals surface area contributed by atoms with Gasteiger partial charge in [-0.2, -0.15) is 0 Å². The van der Waals surface area contributed by atoms with Crippen molar-refractivity contribution in [3.8, 4) is 5.82 Å². The van der Waals surface area contributed by atoms with Gasteiger partial charge in [0, 0.05) is 36.6 Å². The summed E-state index contributed by atoms with van der Waals surface area (Å²) in [5, 5.41) is 8.89. The first-order valence-electron chi connectivity index (χ1n) is 9.22. The highest BCUT2D eigenvalue weighted by Crippen LogP contribution is 2.13. The maximum atomic E-state index is 4.68. The van der Waals surface area contributed by atoms with Crippen LogP contribution in [0.4, 0.5) is 0 Å². The fourth-order valence-corrected chi connectivity index (χ4v) is 3.55.